The third kappa shape index (κ3) is 5.39. The van der Waals surface area contributed by atoms with E-state index < -0.39 is 0 Å². The van der Waals surface area contributed by atoms with Crippen LogP contribution in [0.25, 0.3) is 9.88 Å². The van der Waals surface area contributed by atoms with Crippen molar-refractivity contribution in [2.24, 2.45) is 0 Å². The van der Waals surface area contributed by atoms with Crippen LogP contribution in [0.1, 0.15) is 16.1 Å². The zero-order valence-corrected chi connectivity index (χ0v) is 19.6. The summed E-state index contributed by atoms with van der Waals surface area (Å²) < 4.78 is 10.9. The first-order valence-electron chi connectivity index (χ1n) is 9.98. The Morgan fingerprint density at radius 1 is 0.909 bits per heavy atom. The first-order chi connectivity index (χ1) is 16.1. The number of methoxy groups -OCH3 is 2. The highest BCUT2D eigenvalue weighted by Crippen LogP contribution is 2.37. The minimum Gasteiger partial charge on any atom is -0.494 e. The van der Waals surface area contributed by atoms with E-state index in [1.165, 1.54) is 25.6 Å². The number of aromatic nitrogens is 1. The molecule has 2 aromatic carbocycles. The van der Waals surface area contributed by atoms with Crippen LogP contribution in [0.4, 0.5) is 11.4 Å². The van der Waals surface area contributed by atoms with Crippen molar-refractivity contribution in [2.75, 3.05) is 24.9 Å². The monoisotopic (exact) mass is 479 g/mol. The predicted molar refractivity (Wildman–Crippen MR) is 132 cm³/mol. The van der Waals surface area contributed by atoms with Gasteiger partial charge in [-0.1, -0.05) is 24.3 Å². The van der Waals surface area contributed by atoms with E-state index >= 15 is 0 Å². The molecule has 2 N–H and O–H groups in total. The molecule has 0 saturated carbocycles. The maximum Gasteiger partial charge on any atom is 0.255 e. The van der Waals surface area contributed by atoms with E-state index in [-0.39, 0.29) is 18.2 Å². The van der Waals surface area contributed by atoms with Crippen molar-refractivity contribution >= 4 is 45.9 Å². The van der Waals surface area contributed by atoms with E-state index in [0.29, 0.717) is 34.1 Å². The first kappa shape index (κ1) is 22.5. The molecule has 2 heterocycles. The molecule has 168 valence electrons. The molecule has 7 nitrogen and oxygen atoms in total. The molecule has 4 aromatic rings. The summed E-state index contributed by atoms with van der Waals surface area (Å²) in [5.74, 6) is 0.270. The van der Waals surface area contributed by atoms with Gasteiger partial charge in [-0.25, -0.2) is 4.98 Å². The van der Waals surface area contributed by atoms with Crippen LogP contribution < -0.4 is 20.1 Å². The highest BCUT2D eigenvalue weighted by Gasteiger charge is 2.17. The van der Waals surface area contributed by atoms with Crippen LogP contribution in [-0.4, -0.2) is 31.0 Å². The lowest BCUT2D eigenvalue weighted by molar-refractivity contribution is -0.115. The Hall–Kier alpha value is -3.69. The van der Waals surface area contributed by atoms with Crippen molar-refractivity contribution in [3.63, 3.8) is 0 Å². The van der Waals surface area contributed by atoms with Gasteiger partial charge in [0.1, 0.15) is 16.5 Å². The number of benzene rings is 2. The van der Waals surface area contributed by atoms with Crippen molar-refractivity contribution in [1.82, 2.24) is 4.98 Å². The Morgan fingerprint density at radius 3 is 2.24 bits per heavy atom. The van der Waals surface area contributed by atoms with Gasteiger partial charge in [-0.2, -0.15) is 0 Å². The summed E-state index contributed by atoms with van der Waals surface area (Å²) >= 11 is 3.12. The molecular formula is C24H21N3O4S2. The number of nitrogens with zero attached hydrogens (tertiary/aromatic N) is 1. The van der Waals surface area contributed by atoms with Gasteiger partial charge in [0.2, 0.25) is 5.91 Å². The summed E-state index contributed by atoms with van der Waals surface area (Å²) in [5.41, 5.74) is 2.08. The molecular weight excluding hydrogens is 458 g/mol. The normalized spacial score (nSPS) is 10.5. The van der Waals surface area contributed by atoms with Crippen molar-refractivity contribution in [1.29, 1.82) is 0 Å². The van der Waals surface area contributed by atoms with Crippen LogP contribution in [0, 0.1) is 0 Å². The summed E-state index contributed by atoms with van der Waals surface area (Å²) in [7, 11) is 2.99. The second-order valence-corrected chi connectivity index (χ2v) is 8.72. The smallest absolute Gasteiger partial charge is 0.255 e. The van der Waals surface area contributed by atoms with Gasteiger partial charge >= 0.3 is 0 Å². The minimum atomic E-state index is -0.280. The van der Waals surface area contributed by atoms with Gasteiger partial charge in [0.05, 0.1) is 42.6 Å². The van der Waals surface area contributed by atoms with Gasteiger partial charge in [0.15, 0.2) is 0 Å². The van der Waals surface area contributed by atoms with Crippen molar-refractivity contribution in [3.8, 4) is 21.4 Å². The van der Waals surface area contributed by atoms with Crippen molar-refractivity contribution < 1.29 is 19.1 Å². The number of anilines is 2. The summed E-state index contributed by atoms with van der Waals surface area (Å²) in [6, 6.07) is 16.1. The second-order valence-electron chi connectivity index (χ2n) is 6.92. The number of hydrogen-bond donors (Lipinski definition) is 2. The van der Waals surface area contributed by atoms with Gasteiger partial charge < -0.3 is 20.1 Å². The van der Waals surface area contributed by atoms with Crippen LogP contribution in [0.15, 0.2) is 65.4 Å². The molecule has 0 unspecified atom stereocenters. The van der Waals surface area contributed by atoms with E-state index in [4.69, 9.17) is 9.47 Å². The molecule has 0 aliphatic carbocycles. The molecule has 0 spiro atoms. The SMILES string of the molecule is COc1cc(NC(=O)c2ccccc2)c(OC)cc1NC(=O)Cc1csc(-c2cccs2)n1. The van der Waals surface area contributed by atoms with Crippen molar-refractivity contribution in [3.05, 3.63) is 76.6 Å². The maximum absolute atomic E-state index is 12.7. The Balaban J connectivity index is 1.49. The van der Waals surface area contributed by atoms with E-state index in [9.17, 15) is 9.59 Å². The zero-order chi connectivity index (χ0) is 23.2. The fourth-order valence-electron chi connectivity index (χ4n) is 3.14. The quantitative estimate of drug-likeness (QED) is 0.357. The van der Waals surface area contributed by atoms with Crippen LogP contribution in [-0.2, 0) is 11.2 Å². The molecule has 2 amide bonds. The fraction of sp³-hybridized carbons (Fsp3) is 0.125. The minimum absolute atomic E-state index is 0.125. The largest absolute Gasteiger partial charge is 0.494 e. The van der Waals surface area contributed by atoms with Crippen LogP contribution >= 0.6 is 22.7 Å². The number of nitrogens with one attached hydrogen (secondary N) is 2. The Kier molecular flexibility index (Phi) is 7.01. The number of carbonyl (C=O) groups is 2. The summed E-state index contributed by atoms with van der Waals surface area (Å²) in [5, 5.41) is 10.4. The summed E-state index contributed by atoms with van der Waals surface area (Å²) in [6.07, 6.45) is 0.125. The molecule has 0 atom stereocenters. The van der Waals surface area contributed by atoms with Gasteiger partial charge in [-0.3, -0.25) is 9.59 Å². The molecule has 0 radical (unpaired) electrons. The van der Waals surface area contributed by atoms with Gasteiger partial charge in [0.25, 0.3) is 5.91 Å². The van der Waals surface area contributed by atoms with E-state index in [2.05, 4.69) is 15.6 Å². The maximum atomic E-state index is 12.7. The molecule has 4 rings (SSSR count). The van der Waals surface area contributed by atoms with Crippen LogP contribution in [0.5, 0.6) is 11.5 Å². The number of hydrogen-bond acceptors (Lipinski definition) is 7. The fourth-order valence-corrected chi connectivity index (χ4v) is 4.77. The molecule has 0 fully saturated rings. The molecule has 0 aliphatic heterocycles. The molecule has 0 aliphatic rings. The first-order valence-corrected chi connectivity index (χ1v) is 11.7. The van der Waals surface area contributed by atoms with Gasteiger partial charge in [0, 0.05) is 23.1 Å². The number of amides is 2. The van der Waals surface area contributed by atoms with Crippen LogP contribution in [0.2, 0.25) is 0 Å². The van der Waals surface area contributed by atoms with Gasteiger partial charge in [-0.15, -0.1) is 22.7 Å². The lowest BCUT2D eigenvalue weighted by Gasteiger charge is -2.16. The third-order valence-electron chi connectivity index (χ3n) is 4.71. The van der Waals surface area contributed by atoms with E-state index in [1.807, 2.05) is 29.0 Å². The zero-order valence-electron chi connectivity index (χ0n) is 18.0. The Labute approximate surface area is 199 Å². The highest BCUT2D eigenvalue weighted by atomic mass is 32.1. The number of carbonyl (C=O) groups excluding carboxylic acids is 2. The molecule has 0 saturated heterocycles. The third-order valence-corrected chi connectivity index (χ3v) is 6.64. The van der Waals surface area contributed by atoms with Crippen molar-refractivity contribution in [2.45, 2.75) is 6.42 Å². The second kappa shape index (κ2) is 10.3. The predicted octanol–water partition coefficient (Wildman–Crippen LogP) is 5.32. The standard InChI is InChI=1S/C24H21N3O4S2/c1-30-19-13-18(27-23(29)15-7-4-3-5-8-15)20(31-2)12-17(19)26-22(28)11-16-14-33-24(25-16)21-9-6-10-32-21/h3-10,12-14H,11H2,1-2H3,(H,26,28)(H,27,29). The lowest BCUT2D eigenvalue weighted by atomic mass is 10.2. The number of thiazole rings is 1. The molecule has 2 aromatic heterocycles. The Morgan fingerprint density at radius 2 is 1.61 bits per heavy atom. The van der Waals surface area contributed by atoms with E-state index in [0.717, 1.165) is 9.88 Å². The number of ether oxygens (including phenoxy) is 2. The summed E-state index contributed by atoms with van der Waals surface area (Å²) in [6.45, 7) is 0. The van der Waals surface area contributed by atoms with E-state index in [1.54, 1.807) is 47.7 Å². The number of rotatable bonds is 8. The van der Waals surface area contributed by atoms with Crippen LogP contribution in [0.3, 0.4) is 0 Å². The number of thiophene rings is 1. The average molecular weight is 480 g/mol. The summed E-state index contributed by atoms with van der Waals surface area (Å²) in [4.78, 5) is 30.9. The molecule has 0 bridgehead atoms. The highest BCUT2D eigenvalue weighted by molar-refractivity contribution is 7.20. The molecule has 9 heteroatoms. The molecule has 33 heavy (non-hydrogen) atoms. The van der Waals surface area contributed by atoms with Gasteiger partial charge in [-0.05, 0) is 23.6 Å². The lowest BCUT2D eigenvalue weighted by Crippen LogP contribution is -2.16. The topological polar surface area (TPSA) is 89.5 Å². The Bertz CT molecular complexity index is 1250. The average Bonchev–Trinajstić information content (AvgIpc) is 3.52.